The molecule has 26 heavy (non-hydrogen) atoms. The first-order valence-corrected chi connectivity index (χ1v) is 8.75. The molecule has 2 aromatic rings. The molecule has 0 fully saturated rings. The molecule has 8 heteroatoms. The Balaban J connectivity index is 1.72. The van der Waals surface area contributed by atoms with Crippen LogP contribution in [0.15, 0.2) is 52.3 Å². The third-order valence-corrected chi connectivity index (χ3v) is 5.20. The van der Waals surface area contributed by atoms with Gasteiger partial charge in [-0.1, -0.05) is 29.3 Å². The molecular weight excluding hydrogens is 377 g/mol. The highest BCUT2D eigenvalue weighted by atomic mass is 35.5. The van der Waals surface area contributed by atoms with Gasteiger partial charge in [0.25, 0.3) is 5.91 Å². The number of nitrogens with one attached hydrogen (secondary N) is 1. The minimum absolute atomic E-state index is 0.153. The summed E-state index contributed by atoms with van der Waals surface area (Å²) < 4.78 is 5.34. The van der Waals surface area contributed by atoms with Gasteiger partial charge < -0.3 is 14.6 Å². The first-order valence-electron chi connectivity index (χ1n) is 7.99. The second-order valence-electron chi connectivity index (χ2n) is 6.21. The maximum atomic E-state index is 13.1. The number of carbonyl (C=O) groups excluding carboxylic acids is 2. The number of benzene rings is 1. The average Bonchev–Trinajstić information content (AvgIpc) is 3.21. The Morgan fingerprint density at radius 2 is 2.08 bits per heavy atom. The topological polar surface area (TPSA) is 65.8 Å². The lowest BCUT2D eigenvalue weighted by molar-refractivity contribution is -0.126. The third kappa shape index (κ3) is 2.75. The molecule has 1 aromatic carbocycles. The van der Waals surface area contributed by atoms with Gasteiger partial charge in [0.1, 0.15) is 5.76 Å². The standard InChI is InChI=1S/C18H15Cl2N3O3/c1-22-14-9-23(8-11-3-2-6-26-11)17(24)15(14)16(21-18(22)25)12-5-4-10(19)7-13(12)20/h2-7,16H,8-9H2,1H3,(H,21,25)/t16-/m1/s1. The number of halogens is 2. The summed E-state index contributed by atoms with van der Waals surface area (Å²) in [5.41, 5.74) is 1.82. The average molecular weight is 392 g/mol. The summed E-state index contributed by atoms with van der Waals surface area (Å²) in [6.07, 6.45) is 1.57. The van der Waals surface area contributed by atoms with Crippen molar-refractivity contribution in [1.29, 1.82) is 0 Å². The van der Waals surface area contributed by atoms with Gasteiger partial charge in [0.15, 0.2) is 0 Å². The zero-order valence-electron chi connectivity index (χ0n) is 13.8. The van der Waals surface area contributed by atoms with E-state index < -0.39 is 6.04 Å². The summed E-state index contributed by atoms with van der Waals surface area (Å²) >= 11 is 12.3. The van der Waals surface area contributed by atoms with Crippen molar-refractivity contribution in [1.82, 2.24) is 15.1 Å². The number of hydrogen-bond donors (Lipinski definition) is 1. The molecule has 2 aliphatic rings. The van der Waals surface area contributed by atoms with Crippen LogP contribution in [-0.4, -0.2) is 35.3 Å². The SMILES string of the molecule is CN1C(=O)N[C@H](c2ccc(Cl)cc2Cl)C2=C1CN(Cc1ccco1)C2=O. The largest absolute Gasteiger partial charge is 0.467 e. The van der Waals surface area contributed by atoms with Crippen molar-refractivity contribution in [3.63, 3.8) is 0 Å². The zero-order chi connectivity index (χ0) is 18.4. The maximum Gasteiger partial charge on any atom is 0.322 e. The summed E-state index contributed by atoms with van der Waals surface area (Å²) in [5.74, 6) is 0.528. The molecule has 6 nitrogen and oxygen atoms in total. The van der Waals surface area contributed by atoms with Crippen LogP contribution in [0, 0.1) is 0 Å². The van der Waals surface area contributed by atoms with Crippen LogP contribution >= 0.6 is 23.2 Å². The van der Waals surface area contributed by atoms with E-state index in [1.807, 2.05) is 6.07 Å². The molecule has 1 aromatic heterocycles. The van der Waals surface area contributed by atoms with Gasteiger partial charge in [0, 0.05) is 17.1 Å². The molecule has 1 N–H and O–H groups in total. The van der Waals surface area contributed by atoms with Crippen molar-refractivity contribution in [3.05, 3.63) is 69.2 Å². The van der Waals surface area contributed by atoms with E-state index in [-0.39, 0.29) is 11.9 Å². The molecule has 2 aliphatic heterocycles. The molecule has 0 bridgehead atoms. The zero-order valence-corrected chi connectivity index (χ0v) is 15.3. The van der Waals surface area contributed by atoms with E-state index in [2.05, 4.69) is 5.32 Å². The lowest BCUT2D eigenvalue weighted by atomic mass is 9.95. The van der Waals surface area contributed by atoms with Gasteiger partial charge in [0.2, 0.25) is 0 Å². The van der Waals surface area contributed by atoms with Crippen LogP contribution < -0.4 is 5.32 Å². The molecular formula is C18H15Cl2N3O3. The van der Waals surface area contributed by atoms with Crippen molar-refractivity contribution < 1.29 is 14.0 Å². The second kappa shape index (κ2) is 6.37. The van der Waals surface area contributed by atoms with E-state index in [0.717, 1.165) is 0 Å². The molecule has 0 spiro atoms. The van der Waals surface area contributed by atoms with Crippen LogP contribution in [0.25, 0.3) is 0 Å². The normalized spacial score (nSPS) is 19.9. The van der Waals surface area contributed by atoms with Gasteiger partial charge in [-0.05, 0) is 29.8 Å². The van der Waals surface area contributed by atoms with Gasteiger partial charge >= 0.3 is 6.03 Å². The molecule has 0 saturated carbocycles. The van der Waals surface area contributed by atoms with Crippen LogP contribution in [0.4, 0.5) is 4.79 Å². The minimum atomic E-state index is -0.618. The van der Waals surface area contributed by atoms with Crippen molar-refractivity contribution in [2.45, 2.75) is 12.6 Å². The molecule has 0 saturated heterocycles. The van der Waals surface area contributed by atoms with E-state index in [1.165, 1.54) is 4.90 Å². The Morgan fingerprint density at radius 3 is 2.77 bits per heavy atom. The summed E-state index contributed by atoms with van der Waals surface area (Å²) in [6.45, 7) is 0.669. The second-order valence-corrected chi connectivity index (χ2v) is 7.05. The van der Waals surface area contributed by atoms with Crippen molar-refractivity contribution >= 4 is 35.1 Å². The summed E-state index contributed by atoms with van der Waals surface area (Å²) in [6, 6.07) is 7.70. The van der Waals surface area contributed by atoms with Gasteiger partial charge in [-0.25, -0.2) is 4.79 Å². The molecule has 3 amide bonds. The smallest absolute Gasteiger partial charge is 0.322 e. The Bertz CT molecular complexity index is 924. The van der Waals surface area contributed by atoms with Gasteiger partial charge in [-0.2, -0.15) is 0 Å². The van der Waals surface area contributed by atoms with Crippen LogP contribution in [0.1, 0.15) is 17.4 Å². The highest BCUT2D eigenvalue weighted by Crippen LogP contribution is 2.39. The molecule has 3 heterocycles. The maximum absolute atomic E-state index is 13.1. The van der Waals surface area contributed by atoms with Crippen LogP contribution in [0.2, 0.25) is 10.0 Å². The molecule has 0 radical (unpaired) electrons. The van der Waals surface area contributed by atoms with E-state index in [0.29, 0.717) is 45.7 Å². The quantitative estimate of drug-likeness (QED) is 0.869. The van der Waals surface area contributed by atoms with E-state index in [4.69, 9.17) is 27.6 Å². The lowest BCUT2D eigenvalue weighted by Crippen LogP contribution is -2.45. The van der Waals surface area contributed by atoms with Crippen LogP contribution in [-0.2, 0) is 11.3 Å². The van der Waals surface area contributed by atoms with Crippen LogP contribution in [0.5, 0.6) is 0 Å². The lowest BCUT2D eigenvalue weighted by Gasteiger charge is -2.31. The summed E-state index contributed by atoms with van der Waals surface area (Å²) in [7, 11) is 1.65. The summed E-state index contributed by atoms with van der Waals surface area (Å²) in [5, 5.41) is 3.74. The number of amides is 3. The fourth-order valence-corrected chi connectivity index (χ4v) is 3.83. The fraction of sp³-hybridized carbons (Fsp3) is 0.222. The summed E-state index contributed by atoms with van der Waals surface area (Å²) in [4.78, 5) is 28.6. The number of furan rings is 1. The number of hydrogen-bond acceptors (Lipinski definition) is 3. The first-order chi connectivity index (χ1) is 12.5. The molecule has 134 valence electrons. The fourth-order valence-electron chi connectivity index (χ4n) is 3.31. The number of nitrogens with zero attached hydrogens (tertiary/aromatic N) is 2. The molecule has 0 unspecified atom stereocenters. The molecule has 0 aliphatic carbocycles. The third-order valence-electron chi connectivity index (χ3n) is 4.64. The highest BCUT2D eigenvalue weighted by molar-refractivity contribution is 6.35. The van der Waals surface area contributed by atoms with E-state index >= 15 is 0 Å². The van der Waals surface area contributed by atoms with Gasteiger partial charge in [0.05, 0.1) is 36.7 Å². The van der Waals surface area contributed by atoms with E-state index in [1.54, 1.807) is 42.5 Å². The Labute approximate surface area is 160 Å². The minimum Gasteiger partial charge on any atom is -0.467 e. The highest BCUT2D eigenvalue weighted by Gasteiger charge is 2.43. The Kier molecular flexibility index (Phi) is 4.17. The van der Waals surface area contributed by atoms with Crippen molar-refractivity contribution in [2.24, 2.45) is 0 Å². The molecule has 1 atom stereocenters. The van der Waals surface area contributed by atoms with Gasteiger partial charge in [-0.3, -0.25) is 9.69 Å². The number of carbonyl (C=O) groups is 2. The van der Waals surface area contributed by atoms with Gasteiger partial charge in [-0.15, -0.1) is 0 Å². The number of rotatable bonds is 3. The molecule has 4 rings (SSSR count). The Morgan fingerprint density at radius 1 is 1.27 bits per heavy atom. The number of likely N-dealkylation sites (N-methyl/N-ethyl adjacent to an activating group) is 1. The Hall–Kier alpha value is -2.44. The number of urea groups is 1. The van der Waals surface area contributed by atoms with E-state index in [9.17, 15) is 9.59 Å². The predicted octanol–water partition coefficient (Wildman–Crippen LogP) is 3.58. The predicted molar refractivity (Wildman–Crippen MR) is 96.6 cm³/mol. The van der Waals surface area contributed by atoms with Crippen LogP contribution in [0.3, 0.4) is 0 Å². The first kappa shape index (κ1) is 17.0. The van der Waals surface area contributed by atoms with Crippen molar-refractivity contribution in [2.75, 3.05) is 13.6 Å². The van der Waals surface area contributed by atoms with Crippen molar-refractivity contribution in [3.8, 4) is 0 Å². The monoisotopic (exact) mass is 391 g/mol.